The van der Waals surface area contributed by atoms with Crippen LogP contribution in [0.15, 0.2) is 23.2 Å². The number of aliphatic imine (C=N–C) groups is 1. The van der Waals surface area contributed by atoms with Crippen molar-refractivity contribution in [2.45, 2.75) is 19.3 Å². The summed E-state index contributed by atoms with van der Waals surface area (Å²) in [6.07, 6.45) is 3.23. The van der Waals surface area contributed by atoms with E-state index in [2.05, 4.69) is 10.3 Å². The molecule has 0 atom stereocenters. The largest absolute Gasteiger partial charge is 0.344 e. The summed E-state index contributed by atoms with van der Waals surface area (Å²) in [5.74, 6) is 0.963. The highest BCUT2D eigenvalue weighted by Gasteiger charge is 2.07. The van der Waals surface area contributed by atoms with Crippen molar-refractivity contribution in [3.8, 4) is 12.1 Å². The standard InChI is InChI=1S/C13H12N4/c14-8-10-4-5-12(7-11(10)9-15)17-13-3-1-2-6-16-13/h4-5,7H,1-3,6H2,(H,16,17). The molecule has 1 N–H and O–H groups in total. The Morgan fingerprint density at radius 1 is 1.12 bits per heavy atom. The Labute approximate surface area is 100 Å². The second kappa shape index (κ2) is 5.14. The lowest BCUT2D eigenvalue weighted by Gasteiger charge is -2.14. The molecule has 1 aromatic rings. The molecule has 1 aromatic carbocycles. The zero-order valence-electron chi connectivity index (χ0n) is 9.40. The summed E-state index contributed by atoms with van der Waals surface area (Å²) < 4.78 is 0. The lowest BCUT2D eigenvalue weighted by molar-refractivity contribution is 0.737. The van der Waals surface area contributed by atoms with Crippen LogP contribution in [0.25, 0.3) is 0 Å². The molecule has 0 aliphatic carbocycles. The van der Waals surface area contributed by atoms with Crippen molar-refractivity contribution in [3.63, 3.8) is 0 Å². The van der Waals surface area contributed by atoms with E-state index in [1.807, 2.05) is 12.1 Å². The molecule has 0 saturated carbocycles. The lowest BCUT2D eigenvalue weighted by Crippen LogP contribution is -2.16. The van der Waals surface area contributed by atoms with Gasteiger partial charge < -0.3 is 5.32 Å². The van der Waals surface area contributed by atoms with Crippen LogP contribution in [0.2, 0.25) is 0 Å². The second-order valence-electron chi connectivity index (χ2n) is 3.89. The number of amidine groups is 1. The van der Waals surface area contributed by atoms with Gasteiger partial charge in [-0.05, 0) is 31.0 Å². The Morgan fingerprint density at radius 2 is 1.94 bits per heavy atom. The Morgan fingerprint density at radius 3 is 2.59 bits per heavy atom. The SMILES string of the molecule is N#Cc1ccc(NC2=NCCCC2)cc1C#N. The molecule has 4 nitrogen and oxygen atoms in total. The molecule has 2 rings (SSSR count). The molecule has 1 aliphatic heterocycles. The van der Waals surface area contributed by atoms with Gasteiger partial charge in [0.25, 0.3) is 0 Å². The smallest absolute Gasteiger partial charge is 0.101 e. The van der Waals surface area contributed by atoms with Crippen LogP contribution in [0.3, 0.4) is 0 Å². The highest BCUT2D eigenvalue weighted by molar-refractivity contribution is 5.95. The first-order valence-electron chi connectivity index (χ1n) is 5.58. The number of rotatable bonds is 1. The third-order valence-corrected chi connectivity index (χ3v) is 2.67. The molecule has 0 spiro atoms. The van der Waals surface area contributed by atoms with Gasteiger partial charge in [0, 0.05) is 18.7 Å². The molecule has 17 heavy (non-hydrogen) atoms. The summed E-state index contributed by atoms with van der Waals surface area (Å²) >= 11 is 0. The lowest BCUT2D eigenvalue weighted by atomic mass is 10.1. The van der Waals surface area contributed by atoms with Crippen molar-refractivity contribution in [1.29, 1.82) is 10.5 Å². The van der Waals surface area contributed by atoms with Crippen molar-refractivity contribution < 1.29 is 0 Å². The van der Waals surface area contributed by atoms with Crippen molar-refractivity contribution in [1.82, 2.24) is 0 Å². The Kier molecular flexibility index (Phi) is 3.37. The maximum absolute atomic E-state index is 8.92. The van der Waals surface area contributed by atoms with Gasteiger partial charge in [0.05, 0.1) is 11.1 Å². The molecule has 0 aromatic heterocycles. The number of hydrogen-bond donors (Lipinski definition) is 1. The van der Waals surface area contributed by atoms with Crippen molar-refractivity contribution >= 4 is 11.5 Å². The monoisotopic (exact) mass is 224 g/mol. The minimum absolute atomic E-state index is 0.397. The predicted molar refractivity (Wildman–Crippen MR) is 65.6 cm³/mol. The van der Waals surface area contributed by atoms with Crippen molar-refractivity contribution in [2.75, 3.05) is 11.9 Å². The molecule has 84 valence electrons. The molecule has 0 bridgehead atoms. The maximum Gasteiger partial charge on any atom is 0.101 e. The molecule has 0 radical (unpaired) electrons. The van der Waals surface area contributed by atoms with Crippen LogP contribution in [-0.4, -0.2) is 12.4 Å². The van der Waals surface area contributed by atoms with Crippen LogP contribution < -0.4 is 5.32 Å². The van der Waals surface area contributed by atoms with E-state index in [4.69, 9.17) is 10.5 Å². The summed E-state index contributed by atoms with van der Waals surface area (Å²) in [5.41, 5.74) is 1.62. The van der Waals surface area contributed by atoms with Gasteiger partial charge in [-0.3, -0.25) is 4.99 Å². The highest BCUT2D eigenvalue weighted by atomic mass is 15.0. The average Bonchev–Trinajstić information content (AvgIpc) is 2.40. The van der Waals surface area contributed by atoms with Gasteiger partial charge in [0.1, 0.15) is 18.0 Å². The van der Waals surface area contributed by atoms with Gasteiger partial charge in [-0.15, -0.1) is 0 Å². The zero-order chi connectivity index (χ0) is 12.1. The van der Waals surface area contributed by atoms with Crippen LogP contribution in [-0.2, 0) is 0 Å². The molecule has 0 saturated heterocycles. The number of hydrogen-bond acceptors (Lipinski definition) is 4. The molecule has 0 amide bonds. The average molecular weight is 224 g/mol. The molecular formula is C13H12N4. The molecule has 0 unspecified atom stereocenters. The van der Waals surface area contributed by atoms with Gasteiger partial charge in [-0.2, -0.15) is 10.5 Å². The summed E-state index contributed by atoms with van der Waals surface area (Å²) in [6.45, 7) is 0.865. The molecule has 1 aliphatic rings. The van der Waals surface area contributed by atoms with E-state index in [0.29, 0.717) is 11.1 Å². The normalized spacial score (nSPS) is 14.4. The number of anilines is 1. The fourth-order valence-electron chi connectivity index (χ4n) is 1.78. The zero-order valence-corrected chi connectivity index (χ0v) is 9.40. The quantitative estimate of drug-likeness (QED) is 0.796. The molecule has 4 heteroatoms. The fraction of sp³-hybridized carbons (Fsp3) is 0.308. The van der Waals surface area contributed by atoms with Crippen LogP contribution in [0, 0.1) is 22.7 Å². The van der Waals surface area contributed by atoms with Gasteiger partial charge in [-0.25, -0.2) is 0 Å². The highest BCUT2D eigenvalue weighted by Crippen LogP contribution is 2.16. The van der Waals surface area contributed by atoms with E-state index in [9.17, 15) is 0 Å². The summed E-state index contributed by atoms with van der Waals surface area (Å²) in [5, 5.41) is 20.9. The Hall–Kier alpha value is -2.33. The number of benzene rings is 1. The van der Waals surface area contributed by atoms with E-state index in [0.717, 1.165) is 37.3 Å². The third-order valence-electron chi connectivity index (χ3n) is 2.67. The van der Waals surface area contributed by atoms with Crippen molar-refractivity contribution in [3.05, 3.63) is 29.3 Å². The van der Waals surface area contributed by atoms with Crippen LogP contribution in [0.5, 0.6) is 0 Å². The first kappa shape index (κ1) is 11.2. The van der Waals surface area contributed by atoms with E-state index in [1.165, 1.54) is 0 Å². The molecule has 1 heterocycles. The predicted octanol–water partition coefficient (Wildman–Crippen LogP) is 2.42. The van der Waals surface area contributed by atoms with E-state index >= 15 is 0 Å². The van der Waals surface area contributed by atoms with E-state index in [-0.39, 0.29) is 0 Å². The summed E-state index contributed by atoms with van der Waals surface area (Å²) in [7, 11) is 0. The molecule has 0 fully saturated rings. The number of nitrogens with one attached hydrogen (secondary N) is 1. The van der Waals surface area contributed by atoms with Gasteiger partial charge >= 0.3 is 0 Å². The Bertz CT molecular complexity index is 531. The summed E-state index contributed by atoms with van der Waals surface area (Å²) in [4.78, 5) is 4.38. The minimum Gasteiger partial charge on any atom is -0.344 e. The number of nitrogens with zero attached hydrogens (tertiary/aromatic N) is 3. The third kappa shape index (κ3) is 2.62. The van der Waals surface area contributed by atoms with E-state index < -0.39 is 0 Å². The van der Waals surface area contributed by atoms with Crippen LogP contribution >= 0.6 is 0 Å². The molecular weight excluding hydrogens is 212 g/mol. The minimum atomic E-state index is 0.397. The Balaban J connectivity index is 2.20. The maximum atomic E-state index is 8.92. The van der Waals surface area contributed by atoms with E-state index in [1.54, 1.807) is 18.2 Å². The first-order chi connectivity index (χ1) is 8.33. The van der Waals surface area contributed by atoms with Gasteiger partial charge in [0.2, 0.25) is 0 Å². The number of nitriles is 2. The fourth-order valence-corrected chi connectivity index (χ4v) is 1.78. The first-order valence-corrected chi connectivity index (χ1v) is 5.58. The summed E-state index contributed by atoms with van der Waals surface area (Å²) in [6, 6.07) is 9.17. The second-order valence-corrected chi connectivity index (χ2v) is 3.89. The van der Waals surface area contributed by atoms with Gasteiger partial charge in [0.15, 0.2) is 0 Å². The topological polar surface area (TPSA) is 72.0 Å². The van der Waals surface area contributed by atoms with Gasteiger partial charge in [-0.1, -0.05) is 0 Å². The van der Waals surface area contributed by atoms with Crippen molar-refractivity contribution in [2.24, 2.45) is 4.99 Å². The van der Waals surface area contributed by atoms with Crippen LogP contribution in [0.4, 0.5) is 5.69 Å². The van der Waals surface area contributed by atoms with Crippen LogP contribution in [0.1, 0.15) is 30.4 Å².